The second-order valence-electron chi connectivity index (χ2n) is 6.19. The van der Waals surface area contributed by atoms with Crippen molar-refractivity contribution in [2.75, 3.05) is 31.1 Å². The first-order chi connectivity index (χ1) is 12.4. The van der Waals surface area contributed by atoms with Crippen molar-refractivity contribution in [1.82, 2.24) is 14.9 Å². The minimum absolute atomic E-state index is 0.229. The largest absolute Gasteiger partial charge is 0.362 e. The standard InChI is InChI=1S/C17H26ClN3O2S3/c1-2-13-26(22,23)21-10-7-15(8-11-21)20-17(24)19-9-12-25-16-5-3-14(18)4-6-16/h3-6,15H,2,7-13H2,1H3,(H2,19,20,24). The fourth-order valence-corrected chi connectivity index (χ4v) is 5.47. The van der Waals surface area contributed by atoms with E-state index in [1.807, 2.05) is 31.2 Å². The van der Waals surface area contributed by atoms with Gasteiger partial charge < -0.3 is 10.6 Å². The molecule has 0 amide bonds. The van der Waals surface area contributed by atoms with Gasteiger partial charge in [-0.2, -0.15) is 0 Å². The van der Waals surface area contributed by atoms with Crippen LogP contribution in [0.1, 0.15) is 26.2 Å². The lowest BCUT2D eigenvalue weighted by atomic mass is 10.1. The third-order valence-corrected chi connectivity index (χ3v) is 7.72. The van der Waals surface area contributed by atoms with Gasteiger partial charge in [-0.15, -0.1) is 11.8 Å². The van der Waals surface area contributed by atoms with Crippen LogP contribution in [0.2, 0.25) is 5.02 Å². The molecule has 1 saturated heterocycles. The molecule has 9 heteroatoms. The maximum atomic E-state index is 12.1. The van der Waals surface area contributed by atoms with E-state index < -0.39 is 10.0 Å². The minimum Gasteiger partial charge on any atom is -0.362 e. The molecule has 1 aromatic carbocycles. The lowest BCUT2D eigenvalue weighted by Gasteiger charge is -2.32. The summed E-state index contributed by atoms with van der Waals surface area (Å²) in [5, 5.41) is 7.89. The summed E-state index contributed by atoms with van der Waals surface area (Å²) >= 11 is 13.0. The molecule has 2 rings (SSSR count). The molecular formula is C17H26ClN3O2S3. The van der Waals surface area contributed by atoms with Crippen molar-refractivity contribution in [3.05, 3.63) is 29.3 Å². The molecule has 1 aliphatic heterocycles. The molecule has 0 saturated carbocycles. The normalized spacial score (nSPS) is 16.4. The Balaban J connectivity index is 1.62. The van der Waals surface area contributed by atoms with E-state index in [1.165, 1.54) is 4.90 Å². The van der Waals surface area contributed by atoms with Crippen molar-refractivity contribution in [3.63, 3.8) is 0 Å². The van der Waals surface area contributed by atoms with Crippen LogP contribution in [0.25, 0.3) is 0 Å². The zero-order chi connectivity index (χ0) is 19.0. The van der Waals surface area contributed by atoms with E-state index in [1.54, 1.807) is 16.1 Å². The predicted octanol–water partition coefficient (Wildman–Crippen LogP) is 3.10. The highest BCUT2D eigenvalue weighted by Gasteiger charge is 2.27. The van der Waals surface area contributed by atoms with E-state index in [2.05, 4.69) is 10.6 Å². The summed E-state index contributed by atoms with van der Waals surface area (Å²) in [6.45, 7) is 3.79. The third-order valence-electron chi connectivity index (χ3n) is 4.11. The average Bonchev–Trinajstić information content (AvgIpc) is 2.61. The number of rotatable bonds is 8. The van der Waals surface area contributed by atoms with E-state index in [9.17, 15) is 8.42 Å². The summed E-state index contributed by atoms with van der Waals surface area (Å²) in [5.74, 6) is 1.13. The smallest absolute Gasteiger partial charge is 0.214 e. The first-order valence-electron chi connectivity index (χ1n) is 8.81. The summed E-state index contributed by atoms with van der Waals surface area (Å²) in [5.41, 5.74) is 0. The number of thioether (sulfide) groups is 1. The van der Waals surface area contributed by atoms with Gasteiger partial charge in [-0.1, -0.05) is 18.5 Å². The summed E-state index contributed by atoms with van der Waals surface area (Å²) in [4.78, 5) is 1.18. The predicted molar refractivity (Wildman–Crippen MR) is 115 cm³/mol. The van der Waals surface area contributed by atoms with Gasteiger partial charge >= 0.3 is 0 Å². The highest BCUT2D eigenvalue weighted by atomic mass is 35.5. The molecule has 0 bridgehead atoms. The van der Waals surface area contributed by atoms with E-state index >= 15 is 0 Å². The zero-order valence-corrected chi connectivity index (χ0v) is 18.1. The summed E-state index contributed by atoms with van der Waals surface area (Å²) in [7, 11) is -3.09. The monoisotopic (exact) mass is 435 g/mol. The summed E-state index contributed by atoms with van der Waals surface area (Å²) < 4.78 is 25.8. The molecule has 0 aromatic heterocycles. The fourth-order valence-electron chi connectivity index (χ4n) is 2.77. The van der Waals surface area contributed by atoms with Crippen molar-refractivity contribution in [2.45, 2.75) is 37.1 Å². The molecular weight excluding hydrogens is 410 g/mol. The van der Waals surface area contributed by atoms with Crippen LogP contribution in [0.15, 0.2) is 29.2 Å². The van der Waals surface area contributed by atoms with Gasteiger partial charge in [0.25, 0.3) is 0 Å². The quantitative estimate of drug-likeness (QED) is 0.371. The number of benzene rings is 1. The molecule has 0 spiro atoms. The number of piperidine rings is 1. The minimum atomic E-state index is -3.09. The molecule has 2 N–H and O–H groups in total. The van der Waals surface area contributed by atoms with Gasteiger partial charge in [0.2, 0.25) is 10.0 Å². The topological polar surface area (TPSA) is 61.4 Å². The van der Waals surface area contributed by atoms with E-state index in [0.29, 0.717) is 24.6 Å². The van der Waals surface area contributed by atoms with E-state index in [4.69, 9.17) is 23.8 Å². The van der Waals surface area contributed by atoms with Crippen molar-refractivity contribution in [3.8, 4) is 0 Å². The Kier molecular flexibility index (Phi) is 8.96. The summed E-state index contributed by atoms with van der Waals surface area (Å²) in [6.07, 6.45) is 2.22. The molecule has 5 nitrogen and oxygen atoms in total. The van der Waals surface area contributed by atoms with Gasteiger partial charge in [0, 0.05) is 41.3 Å². The first-order valence-corrected chi connectivity index (χ1v) is 12.2. The van der Waals surface area contributed by atoms with Crippen LogP contribution in [-0.4, -0.2) is 55.0 Å². The van der Waals surface area contributed by atoms with E-state index in [0.717, 1.165) is 30.2 Å². The molecule has 0 unspecified atom stereocenters. The van der Waals surface area contributed by atoms with Crippen molar-refractivity contribution >= 4 is 50.7 Å². The van der Waals surface area contributed by atoms with Crippen LogP contribution >= 0.6 is 35.6 Å². The van der Waals surface area contributed by atoms with E-state index in [-0.39, 0.29) is 11.8 Å². The van der Waals surface area contributed by atoms with Gasteiger partial charge in [0.15, 0.2) is 5.11 Å². The Labute approximate surface area is 171 Å². The van der Waals surface area contributed by atoms with Crippen molar-refractivity contribution < 1.29 is 8.42 Å². The molecule has 0 radical (unpaired) electrons. The van der Waals surface area contributed by atoms with Gasteiger partial charge in [0.05, 0.1) is 5.75 Å². The number of halogens is 1. The van der Waals surface area contributed by atoms with Crippen LogP contribution in [0.4, 0.5) is 0 Å². The van der Waals surface area contributed by atoms with Crippen LogP contribution in [0.3, 0.4) is 0 Å². The molecule has 1 fully saturated rings. The van der Waals surface area contributed by atoms with Crippen molar-refractivity contribution in [1.29, 1.82) is 0 Å². The summed E-state index contributed by atoms with van der Waals surface area (Å²) in [6, 6.07) is 8.01. The number of nitrogens with one attached hydrogen (secondary N) is 2. The second-order valence-corrected chi connectivity index (χ2v) is 10.3. The van der Waals surface area contributed by atoms with Crippen LogP contribution < -0.4 is 10.6 Å². The number of hydrogen-bond donors (Lipinski definition) is 2. The van der Waals surface area contributed by atoms with Gasteiger partial charge in [0.1, 0.15) is 0 Å². The third kappa shape index (κ3) is 7.23. The molecule has 1 aliphatic rings. The Bertz CT molecular complexity index is 675. The molecule has 1 aromatic rings. The number of sulfonamides is 1. The number of hydrogen-bond acceptors (Lipinski definition) is 4. The zero-order valence-electron chi connectivity index (χ0n) is 14.9. The van der Waals surface area contributed by atoms with Gasteiger partial charge in [-0.3, -0.25) is 0 Å². The van der Waals surface area contributed by atoms with Gasteiger partial charge in [-0.25, -0.2) is 12.7 Å². The Morgan fingerprint density at radius 2 is 1.96 bits per heavy atom. The molecule has 0 aliphatic carbocycles. The van der Waals surface area contributed by atoms with Crippen LogP contribution in [-0.2, 0) is 10.0 Å². The SMILES string of the molecule is CCCS(=O)(=O)N1CCC(NC(=S)NCCSc2ccc(Cl)cc2)CC1. The maximum Gasteiger partial charge on any atom is 0.214 e. The molecule has 0 atom stereocenters. The number of thiocarbonyl (C=S) groups is 1. The number of nitrogens with zero attached hydrogens (tertiary/aromatic N) is 1. The Hall–Kier alpha value is -0.540. The highest BCUT2D eigenvalue weighted by Crippen LogP contribution is 2.19. The average molecular weight is 436 g/mol. The molecule has 26 heavy (non-hydrogen) atoms. The first kappa shape index (κ1) is 21.8. The fraction of sp³-hybridized carbons (Fsp3) is 0.588. The second kappa shape index (κ2) is 10.7. The van der Waals surface area contributed by atoms with Crippen LogP contribution in [0, 0.1) is 0 Å². The molecule has 146 valence electrons. The Morgan fingerprint density at radius 1 is 1.31 bits per heavy atom. The van der Waals surface area contributed by atoms with Gasteiger partial charge in [-0.05, 0) is 55.7 Å². The van der Waals surface area contributed by atoms with Crippen molar-refractivity contribution in [2.24, 2.45) is 0 Å². The Morgan fingerprint density at radius 3 is 2.58 bits per heavy atom. The maximum absolute atomic E-state index is 12.1. The van der Waals surface area contributed by atoms with Crippen LogP contribution in [0.5, 0.6) is 0 Å². The lowest BCUT2D eigenvalue weighted by molar-refractivity contribution is 0.307. The molecule has 1 heterocycles. The lowest BCUT2D eigenvalue weighted by Crippen LogP contribution is -2.49. The highest BCUT2D eigenvalue weighted by molar-refractivity contribution is 7.99.